The van der Waals surface area contributed by atoms with Gasteiger partial charge in [0.25, 0.3) is 0 Å². The van der Waals surface area contributed by atoms with E-state index < -0.39 is 0 Å². The standard InChI is InChI=1S/C18H27FN2/c1-13(2)14-8-10-21(11-9-14)18-15(4-3-5-17(18)19)12-20-16-6-7-16/h3-5,13-14,16,20H,6-12H2,1-2H3. The summed E-state index contributed by atoms with van der Waals surface area (Å²) in [4.78, 5) is 2.26. The minimum absolute atomic E-state index is 0.0620. The van der Waals surface area contributed by atoms with Crippen molar-refractivity contribution in [3.05, 3.63) is 29.6 Å². The molecule has 3 rings (SSSR count). The van der Waals surface area contributed by atoms with Gasteiger partial charge in [0.1, 0.15) is 5.82 Å². The second-order valence-corrected chi connectivity index (χ2v) is 6.97. The molecule has 116 valence electrons. The van der Waals surface area contributed by atoms with Crippen molar-refractivity contribution in [1.82, 2.24) is 5.32 Å². The van der Waals surface area contributed by atoms with Crippen LogP contribution < -0.4 is 10.2 Å². The lowest BCUT2D eigenvalue weighted by molar-refractivity contribution is 0.310. The predicted molar refractivity (Wildman–Crippen MR) is 86.0 cm³/mol. The van der Waals surface area contributed by atoms with Gasteiger partial charge in [0.05, 0.1) is 5.69 Å². The van der Waals surface area contributed by atoms with Crippen LogP contribution in [0.2, 0.25) is 0 Å². The molecule has 1 aromatic carbocycles. The highest BCUT2D eigenvalue weighted by Crippen LogP contribution is 2.32. The number of nitrogens with one attached hydrogen (secondary N) is 1. The Balaban J connectivity index is 1.71. The fraction of sp³-hybridized carbons (Fsp3) is 0.667. The number of hydrogen-bond donors (Lipinski definition) is 1. The first-order chi connectivity index (χ1) is 10.1. The summed E-state index contributed by atoms with van der Waals surface area (Å²) in [6.07, 6.45) is 4.90. The van der Waals surface area contributed by atoms with Gasteiger partial charge in [-0.2, -0.15) is 0 Å². The van der Waals surface area contributed by atoms with Gasteiger partial charge in [-0.1, -0.05) is 26.0 Å². The molecule has 2 aliphatic rings. The molecule has 1 heterocycles. The van der Waals surface area contributed by atoms with Gasteiger partial charge in [-0.05, 0) is 49.1 Å². The van der Waals surface area contributed by atoms with Gasteiger partial charge in [-0.25, -0.2) is 4.39 Å². The molecule has 0 unspecified atom stereocenters. The summed E-state index contributed by atoms with van der Waals surface area (Å²) in [6, 6.07) is 6.17. The summed E-state index contributed by atoms with van der Waals surface area (Å²) in [6.45, 7) is 7.37. The van der Waals surface area contributed by atoms with Crippen LogP contribution in [0.5, 0.6) is 0 Å². The van der Waals surface area contributed by atoms with E-state index in [9.17, 15) is 4.39 Å². The van der Waals surface area contributed by atoms with E-state index in [0.29, 0.717) is 6.04 Å². The molecule has 0 amide bonds. The second-order valence-electron chi connectivity index (χ2n) is 6.97. The van der Waals surface area contributed by atoms with Crippen LogP contribution in [-0.2, 0) is 6.54 Å². The van der Waals surface area contributed by atoms with E-state index in [-0.39, 0.29) is 5.82 Å². The third kappa shape index (κ3) is 3.57. The Morgan fingerprint density at radius 3 is 2.52 bits per heavy atom. The van der Waals surface area contributed by atoms with Crippen molar-refractivity contribution >= 4 is 5.69 Å². The maximum absolute atomic E-state index is 14.4. The minimum atomic E-state index is -0.0620. The van der Waals surface area contributed by atoms with Gasteiger partial charge in [-0.15, -0.1) is 0 Å². The highest BCUT2D eigenvalue weighted by atomic mass is 19.1. The lowest BCUT2D eigenvalue weighted by Crippen LogP contribution is -2.36. The topological polar surface area (TPSA) is 15.3 Å². The second kappa shape index (κ2) is 6.35. The molecule has 2 fully saturated rings. The molecule has 2 nitrogen and oxygen atoms in total. The monoisotopic (exact) mass is 290 g/mol. The van der Waals surface area contributed by atoms with Crippen LogP contribution in [-0.4, -0.2) is 19.1 Å². The van der Waals surface area contributed by atoms with Gasteiger partial charge in [-0.3, -0.25) is 0 Å². The number of benzene rings is 1. The average Bonchev–Trinajstić information content (AvgIpc) is 3.29. The molecule has 1 saturated heterocycles. The molecular weight excluding hydrogens is 263 g/mol. The number of rotatable bonds is 5. The number of hydrogen-bond acceptors (Lipinski definition) is 2. The Kier molecular flexibility index (Phi) is 4.48. The molecule has 1 saturated carbocycles. The molecule has 21 heavy (non-hydrogen) atoms. The van der Waals surface area contributed by atoms with Gasteiger partial charge >= 0.3 is 0 Å². The highest BCUT2D eigenvalue weighted by Gasteiger charge is 2.26. The Bertz CT molecular complexity index is 474. The predicted octanol–water partition coefficient (Wildman–Crippen LogP) is 3.95. The molecule has 1 aliphatic heterocycles. The normalized spacial score (nSPS) is 20.3. The molecule has 0 spiro atoms. The fourth-order valence-corrected chi connectivity index (χ4v) is 3.39. The lowest BCUT2D eigenvalue weighted by Gasteiger charge is -2.36. The maximum atomic E-state index is 14.4. The van der Waals surface area contributed by atoms with Crippen LogP contribution >= 0.6 is 0 Å². The van der Waals surface area contributed by atoms with Crippen LogP contribution in [0.25, 0.3) is 0 Å². The first-order valence-corrected chi connectivity index (χ1v) is 8.41. The largest absolute Gasteiger partial charge is 0.369 e. The molecule has 1 aromatic rings. The Morgan fingerprint density at radius 2 is 1.90 bits per heavy atom. The third-order valence-corrected chi connectivity index (χ3v) is 5.03. The average molecular weight is 290 g/mol. The van der Waals surface area contributed by atoms with E-state index >= 15 is 0 Å². The first-order valence-electron chi connectivity index (χ1n) is 8.41. The van der Waals surface area contributed by atoms with Crippen LogP contribution in [0, 0.1) is 17.7 Å². The Labute approximate surface area is 127 Å². The first kappa shape index (κ1) is 14.8. The van der Waals surface area contributed by atoms with E-state index in [1.165, 1.54) is 25.7 Å². The highest BCUT2D eigenvalue weighted by molar-refractivity contribution is 5.55. The van der Waals surface area contributed by atoms with Crippen LogP contribution in [0.1, 0.15) is 45.1 Å². The molecule has 0 atom stereocenters. The number of nitrogens with zero attached hydrogens (tertiary/aromatic N) is 1. The molecule has 0 radical (unpaired) electrons. The van der Waals surface area contributed by atoms with Crippen molar-refractivity contribution in [1.29, 1.82) is 0 Å². The van der Waals surface area contributed by atoms with Crippen molar-refractivity contribution in [2.75, 3.05) is 18.0 Å². The number of para-hydroxylation sites is 1. The van der Waals surface area contributed by atoms with Crippen molar-refractivity contribution in [3.63, 3.8) is 0 Å². The summed E-state index contributed by atoms with van der Waals surface area (Å²) < 4.78 is 14.4. The zero-order valence-electron chi connectivity index (χ0n) is 13.2. The number of halogens is 1. The zero-order chi connectivity index (χ0) is 14.8. The van der Waals surface area contributed by atoms with E-state index in [1.807, 2.05) is 6.07 Å². The van der Waals surface area contributed by atoms with Crippen molar-refractivity contribution in [2.24, 2.45) is 11.8 Å². The van der Waals surface area contributed by atoms with E-state index in [4.69, 9.17) is 0 Å². The van der Waals surface area contributed by atoms with Crippen molar-refractivity contribution in [2.45, 2.75) is 52.1 Å². The number of piperidine rings is 1. The van der Waals surface area contributed by atoms with Gasteiger partial charge < -0.3 is 10.2 Å². The maximum Gasteiger partial charge on any atom is 0.146 e. The smallest absolute Gasteiger partial charge is 0.146 e. The molecule has 1 aliphatic carbocycles. The van der Waals surface area contributed by atoms with Crippen LogP contribution in [0.3, 0.4) is 0 Å². The van der Waals surface area contributed by atoms with Gasteiger partial charge in [0, 0.05) is 25.7 Å². The summed E-state index contributed by atoms with van der Waals surface area (Å²) in [5.74, 6) is 1.47. The summed E-state index contributed by atoms with van der Waals surface area (Å²) in [7, 11) is 0. The van der Waals surface area contributed by atoms with E-state index in [2.05, 4.69) is 30.1 Å². The van der Waals surface area contributed by atoms with Gasteiger partial charge in [0.2, 0.25) is 0 Å². The third-order valence-electron chi connectivity index (χ3n) is 5.03. The minimum Gasteiger partial charge on any atom is -0.369 e. The Morgan fingerprint density at radius 1 is 1.19 bits per heavy atom. The molecule has 3 heteroatoms. The molecule has 0 bridgehead atoms. The summed E-state index contributed by atoms with van der Waals surface area (Å²) in [5, 5.41) is 3.51. The van der Waals surface area contributed by atoms with Crippen LogP contribution in [0.15, 0.2) is 18.2 Å². The Hall–Kier alpha value is -1.09. The quantitative estimate of drug-likeness (QED) is 0.883. The molecular formula is C18H27FN2. The summed E-state index contributed by atoms with van der Waals surface area (Å²) in [5.41, 5.74) is 1.96. The van der Waals surface area contributed by atoms with E-state index in [1.54, 1.807) is 6.07 Å². The zero-order valence-corrected chi connectivity index (χ0v) is 13.2. The van der Waals surface area contributed by atoms with Crippen molar-refractivity contribution in [3.8, 4) is 0 Å². The lowest BCUT2D eigenvalue weighted by atomic mass is 9.86. The fourth-order valence-electron chi connectivity index (χ4n) is 3.39. The van der Waals surface area contributed by atoms with Crippen LogP contribution in [0.4, 0.5) is 10.1 Å². The molecule has 0 aromatic heterocycles. The van der Waals surface area contributed by atoms with E-state index in [0.717, 1.165) is 42.7 Å². The number of anilines is 1. The SMILES string of the molecule is CC(C)C1CCN(c2c(F)cccc2CNC2CC2)CC1. The molecule has 1 N–H and O–H groups in total. The van der Waals surface area contributed by atoms with Gasteiger partial charge in [0.15, 0.2) is 0 Å². The summed E-state index contributed by atoms with van der Waals surface area (Å²) >= 11 is 0. The van der Waals surface area contributed by atoms with Crippen molar-refractivity contribution < 1.29 is 4.39 Å².